The highest BCUT2D eigenvalue weighted by atomic mass is 32.1. The van der Waals surface area contributed by atoms with Gasteiger partial charge in [-0.2, -0.15) is 0 Å². The number of carbonyl (C=O) groups is 2. The molecule has 2 rings (SSSR count). The number of thiophene rings is 1. The molecule has 1 aromatic rings. The zero-order valence-electron chi connectivity index (χ0n) is 12.0. The van der Waals surface area contributed by atoms with Crippen molar-refractivity contribution in [2.24, 2.45) is 5.92 Å². The zero-order chi connectivity index (χ0) is 14.7. The average Bonchev–Trinajstić information content (AvgIpc) is 3.04. The van der Waals surface area contributed by atoms with E-state index in [1.807, 2.05) is 24.6 Å². The van der Waals surface area contributed by atoms with Gasteiger partial charge in [0, 0.05) is 29.8 Å². The lowest BCUT2D eigenvalue weighted by Gasteiger charge is -2.23. The van der Waals surface area contributed by atoms with Crippen molar-refractivity contribution in [2.75, 3.05) is 13.7 Å². The van der Waals surface area contributed by atoms with Crippen LogP contribution in [-0.4, -0.2) is 30.4 Å². The lowest BCUT2D eigenvalue weighted by Crippen LogP contribution is -2.25. The Kier molecular flexibility index (Phi) is 4.60. The third-order valence-electron chi connectivity index (χ3n) is 3.71. The minimum absolute atomic E-state index is 0.0150. The minimum atomic E-state index is -0.306. The summed E-state index contributed by atoms with van der Waals surface area (Å²) in [7, 11) is 1.81. The maximum Gasteiger partial charge on any atom is 0.333 e. The lowest BCUT2D eigenvalue weighted by atomic mass is 10.00. The molecule has 1 amide bonds. The summed E-state index contributed by atoms with van der Waals surface area (Å²) in [6.45, 7) is 3.81. The van der Waals surface area contributed by atoms with Crippen molar-refractivity contribution in [1.82, 2.24) is 4.90 Å². The molecule has 0 radical (unpaired) electrons. The van der Waals surface area contributed by atoms with Gasteiger partial charge in [0.15, 0.2) is 0 Å². The summed E-state index contributed by atoms with van der Waals surface area (Å²) < 4.78 is 5.32. The van der Waals surface area contributed by atoms with Gasteiger partial charge >= 0.3 is 5.97 Å². The third kappa shape index (κ3) is 2.93. The van der Waals surface area contributed by atoms with Crippen LogP contribution in [0.15, 0.2) is 29.2 Å². The normalized spacial score (nSPS) is 23.2. The molecule has 0 aliphatic carbocycles. The van der Waals surface area contributed by atoms with Gasteiger partial charge in [-0.25, -0.2) is 4.79 Å². The van der Waals surface area contributed by atoms with E-state index in [4.69, 9.17) is 4.74 Å². The standard InChI is InChI=1S/C15H19NO3S/c1-4-10(2)15(18)19-9-11-8-13(17)16(3)14(11)12-6-5-7-20-12/h4-7,11,14H,8-9H2,1-3H3/b10-4+/t11-,14+/m1/s1. The molecular weight excluding hydrogens is 274 g/mol. The van der Waals surface area contributed by atoms with Crippen LogP contribution in [0.25, 0.3) is 0 Å². The van der Waals surface area contributed by atoms with Gasteiger partial charge in [0.05, 0.1) is 12.6 Å². The van der Waals surface area contributed by atoms with E-state index < -0.39 is 0 Å². The van der Waals surface area contributed by atoms with E-state index in [0.717, 1.165) is 4.88 Å². The van der Waals surface area contributed by atoms with Crippen LogP contribution in [0.3, 0.4) is 0 Å². The summed E-state index contributed by atoms with van der Waals surface area (Å²) in [6.07, 6.45) is 2.16. The molecule has 20 heavy (non-hydrogen) atoms. The Bertz CT molecular complexity index is 521. The minimum Gasteiger partial charge on any atom is -0.462 e. The molecule has 0 bridgehead atoms. The fourth-order valence-corrected chi connectivity index (χ4v) is 3.36. The quantitative estimate of drug-likeness (QED) is 0.633. The summed E-state index contributed by atoms with van der Waals surface area (Å²) in [4.78, 5) is 26.5. The molecule has 1 fully saturated rings. The van der Waals surface area contributed by atoms with Crippen molar-refractivity contribution in [3.63, 3.8) is 0 Å². The Morgan fingerprint density at radius 3 is 2.95 bits per heavy atom. The third-order valence-corrected chi connectivity index (χ3v) is 4.66. The van der Waals surface area contributed by atoms with Crippen molar-refractivity contribution >= 4 is 23.2 Å². The molecule has 0 saturated carbocycles. The van der Waals surface area contributed by atoms with Crippen molar-refractivity contribution in [1.29, 1.82) is 0 Å². The van der Waals surface area contributed by atoms with Crippen molar-refractivity contribution in [3.8, 4) is 0 Å². The van der Waals surface area contributed by atoms with Gasteiger partial charge in [0.2, 0.25) is 5.91 Å². The first-order valence-corrected chi connectivity index (χ1v) is 7.51. The van der Waals surface area contributed by atoms with E-state index >= 15 is 0 Å². The second-order valence-electron chi connectivity index (χ2n) is 5.00. The fourth-order valence-electron chi connectivity index (χ4n) is 2.40. The first-order chi connectivity index (χ1) is 9.54. The van der Waals surface area contributed by atoms with Crippen LogP contribution in [-0.2, 0) is 14.3 Å². The predicted octanol–water partition coefficient (Wildman–Crippen LogP) is 2.78. The number of likely N-dealkylation sites (tertiary alicyclic amines) is 1. The van der Waals surface area contributed by atoms with E-state index in [1.165, 1.54) is 0 Å². The number of nitrogens with zero attached hydrogens (tertiary/aromatic N) is 1. The van der Waals surface area contributed by atoms with Crippen LogP contribution in [0, 0.1) is 5.92 Å². The second kappa shape index (κ2) is 6.22. The first-order valence-electron chi connectivity index (χ1n) is 6.63. The number of hydrogen-bond donors (Lipinski definition) is 0. The van der Waals surface area contributed by atoms with E-state index in [0.29, 0.717) is 12.0 Å². The first kappa shape index (κ1) is 14.8. The molecule has 4 nitrogen and oxygen atoms in total. The van der Waals surface area contributed by atoms with E-state index in [9.17, 15) is 9.59 Å². The van der Waals surface area contributed by atoms with E-state index in [1.54, 1.807) is 36.2 Å². The largest absolute Gasteiger partial charge is 0.462 e. The number of allylic oxidation sites excluding steroid dienone is 1. The van der Waals surface area contributed by atoms with Crippen molar-refractivity contribution < 1.29 is 14.3 Å². The number of esters is 1. The Labute approximate surface area is 123 Å². The van der Waals surface area contributed by atoms with Crippen LogP contribution in [0.1, 0.15) is 31.2 Å². The molecule has 108 valence electrons. The van der Waals surface area contributed by atoms with Crippen LogP contribution in [0.5, 0.6) is 0 Å². The zero-order valence-corrected chi connectivity index (χ0v) is 12.8. The van der Waals surface area contributed by atoms with E-state index in [2.05, 4.69) is 0 Å². The van der Waals surface area contributed by atoms with Crippen molar-refractivity contribution in [2.45, 2.75) is 26.3 Å². The monoisotopic (exact) mass is 293 g/mol. The van der Waals surface area contributed by atoms with Gasteiger partial charge in [0.1, 0.15) is 0 Å². The molecule has 1 saturated heterocycles. The molecule has 0 unspecified atom stereocenters. The molecule has 0 N–H and O–H groups in total. The molecule has 0 aromatic carbocycles. The molecule has 1 aliphatic heterocycles. The number of carbonyl (C=O) groups excluding carboxylic acids is 2. The number of rotatable bonds is 4. The van der Waals surface area contributed by atoms with Gasteiger partial charge in [-0.3, -0.25) is 4.79 Å². The topological polar surface area (TPSA) is 46.6 Å². The highest BCUT2D eigenvalue weighted by Crippen LogP contribution is 2.39. The molecule has 1 aromatic heterocycles. The van der Waals surface area contributed by atoms with Crippen LogP contribution in [0.4, 0.5) is 0 Å². The molecule has 0 spiro atoms. The van der Waals surface area contributed by atoms with E-state index in [-0.39, 0.29) is 30.4 Å². The fraction of sp³-hybridized carbons (Fsp3) is 0.467. The lowest BCUT2D eigenvalue weighted by molar-refractivity contribution is -0.140. The number of hydrogen-bond acceptors (Lipinski definition) is 4. The summed E-state index contributed by atoms with van der Waals surface area (Å²) in [6, 6.07) is 4.02. The van der Waals surface area contributed by atoms with Gasteiger partial charge in [-0.1, -0.05) is 12.1 Å². The Morgan fingerprint density at radius 1 is 1.60 bits per heavy atom. The molecule has 1 aliphatic rings. The molecule has 2 heterocycles. The molecular formula is C15H19NO3S. The molecule has 2 atom stereocenters. The van der Waals surface area contributed by atoms with Crippen LogP contribution in [0.2, 0.25) is 0 Å². The summed E-state index contributed by atoms with van der Waals surface area (Å²) in [5.41, 5.74) is 0.593. The van der Waals surface area contributed by atoms with Gasteiger partial charge in [0.25, 0.3) is 0 Å². The Hall–Kier alpha value is -1.62. The summed E-state index contributed by atoms with van der Waals surface area (Å²) in [5, 5.41) is 2.00. The number of amides is 1. The smallest absolute Gasteiger partial charge is 0.333 e. The Morgan fingerprint density at radius 2 is 2.35 bits per heavy atom. The maximum absolute atomic E-state index is 11.9. The molecule has 5 heteroatoms. The summed E-state index contributed by atoms with van der Waals surface area (Å²) >= 11 is 1.63. The van der Waals surface area contributed by atoms with Crippen LogP contribution < -0.4 is 0 Å². The maximum atomic E-state index is 11.9. The summed E-state index contributed by atoms with van der Waals surface area (Å²) in [5.74, 6) is -0.175. The second-order valence-corrected chi connectivity index (χ2v) is 5.98. The predicted molar refractivity (Wildman–Crippen MR) is 78.3 cm³/mol. The highest BCUT2D eigenvalue weighted by Gasteiger charge is 2.39. The van der Waals surface area contributed by atoms with Gasteiger partial charge in [-0.05, 0) is 25.3 Å². The SMILES string of the molecule is C/C=C(\C)C(=O)OC[C@H]1CC(=O)N(C)[C@@H]1c1cccs1. The average molecular weight is 293 g/mol. The number of ether oxygens (including phenoxy) is 1. The van der Waals surface area contributed by atoms with Crippen molar-refractivity contribution in [3.05, 3.63) is 34.0 Å². The van der Waals surface area contributed by atoms with Gasteiger partial charge < -0.3 is 9.64 Å². The highest BCUT2D eigenvalue weighted by molar-refractivity contribution is 7.10. The van der Waals surface area contributed by atoms with Gasteiger partial charge in [-0.15, -0.1) is 11.3 Å². The Balaban J connectivity index is 2.06. The van der Waals surface area contributed by atoms with Crippen LogP contribution >= 0.6 is 11.3 Å².